The summed E-state index contributed by atoms with van der Waals surface area (Å²) in [6.07, 6.45) is 6.09. The van der Waals surface area contributed by atoms with Crippen LogP contribution in [0.15, 0.2) is 36.7 Å². The summed E-state index contributed by atoms with van der Waals surface area (Å²) in [5, 5.41) is 23.9. The fourth-order valence-electron chi connectivity index (χ4n) is 7.33. The summed E-state index contributed by atoms with van der Waals surface area (Å²) in [6.45, 7) is 19.0. The number of carbonyl (C=O) groups is 4. The van der Waals surface area contributed by atoms with Crippen molar-refractivity contribution in [3.8, 4) is 11.6 Å². The molecule has 16 heteroatoms. The Morgan fingerprint density at radius 3 is 2.20 bits per heavy atom. The van der Waals surface area contributed by atoms with Gasteiger partial charge in [0.1, 0.15) is 17.9 Å². The van der Waals surface area contributed by atoms with E-state index < -0.39 is 17.8 Å². The van der Waals surface area contributed by atoms with Crippen molar-refractivity contribution in [2.24, 2.45) is 17.1 Å². The molecule has 4 rings (SSSR count). The Labute approximate surface area is 317 Å². The number of amides is 2. The zero-order valence-electron chi connectivity index (χ0n) is 32.7. The van der Waals surface area contributed by atoms with Crippen LogP contribution in [0.25, 0.3) is 0 Å². The van der Waals surface area contributed by atoms with E-state index in [4.69, 9.17) is 20.7 Å². The number of aliphatic carboxylic acids is 2. The van der Waals surface area contributed by atoms with Crippen LogP contribution in [0.4, 0.5) is 10.2 Å². The van der Waals surface area contributed by atoms with Gasteiger partial charge in [-0.25, -0.2) is 19.0 Å². The highest BCUT2D eigenvalue weighted by Crippen LogP contribution is 2.44. The van der Waals surface area contributed by atoms with E-state index in [2.05, 4.69) is 50.8 Å². The lowest BCUT2D eigenvalue weighted by Gasteiger charge is -2.53. The van der Waals surface area contributed by atoms with Gasteiger partial charge in [-0.2, -0.15) is 0 Å². The van der Waals surface area contributed by atoms with Crippen LogP contribution in [0.3, 0.4) is 0 Å². The van der Waals surface area contributed by atoms with Crippen LogP contribution in [0.5, 0.6) is 11.6 Å². The van der Waals surface area contributed by atoms with Crippen LogP contribution in [0.2, 0.25) is 0 Å². The van der Waals surface area contributed by atoms with Crippen LogP contribution in [-0.4, -0.2) is 128 Å². The SMILES string of the molecule is CC(C)[C@@H](CCCN(C)[C@@H](C)CC(N)=O)N1CC2(CCN(c3ncnnc3Oc3ccc(F)cc3C(=O)N(C(C)C)C(C)C)C2)C1.O=C(O)/C=C/C(=O)O. The van der Waals surface area contributed by atoms with Crippen molar-refractivity contribution >= 4 is 29.6 Å². The summed E-state index contributed by atoms with van der Waals surface area (Å²) in [4.78, 5) is 57.3. The van der Waals surface area contributed by atoms with Gasteiger partial charge in [0, 0.05) is 74.3 Å². The van der Waals surface area contributed by atoms with E-state index in [9.17, 15) is 23.6 Å². The highest BCUT2D eigenvalue weighted by atomic mass is 19.1. The number of primary amides is 1. The Morgan fingerprint density at radius 2 is 1.65 bits per heavy atom. The molecular formula is C38H57FN8O7. The summed E-state index contributed by atoms with van der Waals surface area (Å²) < 4.78 is 20.6. The summed E-state index contributed by atoms with van der Waals surface area (Å²) in [5.74, 6) is -2.07. The highest BCUT2D eigenvalue weighted by molar-refractivity contribution is 5.97. The maximum atomic E-state index is 14.4. The maximum Gasteiger partial charge on any atom is 0.328 e. The first-order chi connectivity index (χ1) is 25.3. The lowest BCUT2D eigenvalue weighted by molar-refractivity contribution is -0.134. The van der Waals surface area contributed by atoms with Gasteiger partial charge in [-0.3, -0.25) is 14.5 Å². The van der Waals surface area contributed by atoms with Crippen molar-refractivity contribution in [3.05, 3.63) is 48.1 Å². The fourth-order valence-corrected chi connectivity index (χ4v) is 7.33. The average molecular weight is 757 g/mol. The molecule has 3 heterocycles. The Bertz CT molecular complexity index is 1610. The molecular weight excluding hydrogens is 699 g/mol. The Morgan fingerprint density at radius 1 is 1.02 bits per heavy atom. The van der Waals surface area contributed by atoms with Crippen molar-refractivity contribution in [2.75, 3.05) is 44.7 Å². The van der Waals surface area contributed by atoms with Crippen molar-refractivity contribution in [1.29, 1.82) is 0 Å². The van der Waals surface area contributed by atoms with Gasteiger partial charge in [-0.1, -0.05) is 13.8 Å². The molecule has 54 heavy (non-hydrogen) atoms. The molecule has 15 nitrogen and oxygen atoms in total. The minimum atomic E-state index is -1.26. The number of anilines is 1. The van der Waals surface area contributed by atoms with Crippen LogP contribution < -0.4 is 15.4 Å². The molecule has 1 spiro atoms. The van der Waals surface area contributed by atoms with E-state index >= 15 is 0 Å². The van der Waals surface area contributed by atoms with Crippen molar-refractivity contribution < 1.29 is 38.5 Å². The molecule has 2 amide bonds. The Hall–Kier alpha value is -4.70. The van der Waals surface area contributed by atoms with Gasteiger partial charge < -0.3 is 35.4 Å². The van der Waals surface area contributed by atoms with Gasteiger partial charge in [0.15, 0.2) is 5.82 Å². The summed E-state index contributed by atoms with van der Waals surface area (Å²) in [7, 11) is 2.06. The number of likely N-dealkylation sites (tertiary alicyclic amines) is 1. The van der Waals surface area contributed by atoms with E-state index in [0.717, 1.165) is 52.0 Å². The second kappa shape index (κ2) is 19.6. The standard InChI is InChI=1S/C34H53FN8O3.C4H4O4/c1-22(2)28(10-9-14-40(8)25(7)16-30(36)44)42-19-34(20-42)13-15-41(18-34)31-32(39-38-21-37-31)46-29-12-11-26(35)17-27(29)33(45)43(23(3)4)24(5)6;5-3(6)1-2-4(7)8/h11-12,17,21-25,28H,9-10,13-16,18-20H2,1-8H3,(H2,36,44);1-2H,(H,5,6)(H,7,8)/b;2-1+/t25-,28+;/m0./s1. The number of nitrogens with two attached hydrogens (primary N) is 1. The highest BCUT2D eigenvalue weighted by Gasteiger charge is 2.50. The second-order valence-electron chi connectivity index (χ2n) is 15.3. The van der Waals surface area contributed by atoms with E-state index in [1.54, 1.807) is 4.90 Å². The average Bonchev–Trinajstić information content (AvgIpc) is 3.51. The van der Waals surface area contributed by atoms with Crippen molar-refractivity contribution in [3.63, 3.8) is 0 Å². The molecule has 2 aliphatic rings. The number of ether oxygens (including phenoxy) is 1. The molecule has 0 unspecified atom stereocenters. The molecule has 0 radical (unpaired) electrons. The van der Waals surface area contributed by atoms with Gasteiger partial charge in [0.2, 0.25) is 5.91 Å². The normalized spacial score (nSPS) is 16.4. The molecule has 2 fully saturated rings. The number of nitrogens with zero attached hydrogens (tertiary/aromatic N) is 7. The first-order valence-electron chi connectivity index (χ1n) is 18.4. The number of halogens is 1. The fraction of sp³-hybridized carbons (Fsp3) is 0.605. The molecule has 1 aromatic heterocycles. The lowest BCUT2D eigenvalue weighted by atomic mass is 9.76. The van der Waals surface area contributed by atoms with Gasteiger partial charge in [-0.05, 0) is 91.6 Å². The number of carboxylic acids is 2. The predicted octanol–water partition coefficient (Wildman–Crippen LogP) is 4.29. The summed E-state index contributed by atoms with van der Waals surface area (Å²) >= 11 is 0. The first-order valence-corrected chi connectivity index (χ1v) is 18.4. The minimum absolute atomic E-state index is 0.0752. The largest absolute Gasteiger partial charge is 0.478 e. The number of carboxylic acid groups (broad SMARTS) is 2. The third kappa shape index (κ3) is 12.2. The maximum absolute atomic E-state index is 14.4. The van der Waals surface area contributed by atoms with Crippen LogP contribution in [-0.2, 0) is 14.4 Å². The minimum Gasteiger partial charge on any atom is -0.478 e. The van der Waals surface area contributed by atoms with Crippen LogP contribution in [0, 0.1) is 17.2 Å². The van der Waals surface area contributed by atoms with Crippen molar-refractivity contribution in [1.82, 2.24) is 29.9 Å². The van der Waals surface area contributed by atoms with E-state index in [1.807, 2.05) is 34.6 Å². The molecule has 1 aromatic carbocycles. The number of rotatable bonds is 17. The second-order valence-corrected chi connectivity index (χ2v) is 15.3. The van der Waals surface area contributed by atoms with Gasteiger partial charge in [0.25, 0.3) is 11.8 Å². The summed E-state index contributed by atoms with van der Waals surface area (Å²) in [5.41, 5.74) is 5.69. The number of carbonyl (C=O) groups excluding carboxylic acids is 2. The molecule has 0 aliphatic carbocycles. The molecule has 0 bridgehead atoms. The van der Waals surface area contributed by atoms with Gasteiger partial charge >= 0.3 is 11.9 Å². The van der Waals surface area contributed by atoms with Gasteiger partial charge in [-0.15, -0.1) is 10.2 Å². The van der Waals surface area contributed by atoms with Crippen LogP contribution in [0.1, 0.15) is 84.5 Å². The van der Waals surface area contributed by atoms with E-state index in [1.165, 1.54) is 24.5 Å². The lowest BCUT2D eigenvalue weighted by Crippen LogP contribution is -2.62. The third-order valence-electron chi connectivity index (χ3n) is 9.98. The molecule has 4 N–H and O–H groups in total. The Balaban J connectivity index is 0.000000879. The molecule has 2 aliphatic heterocycles. The van der Waals surface area contributed by atoms with Crippen LogP contribution >= 0.6 is 0 Å². The summed E-state index contributed by atoms with van der Waals surface area (Å²) in [6, 6.07) is 4.45. The van der Waals surface area contributed by atoms with Crippen molar-refractivity contribution in [2.45, 2.75) is 98.3 Å². The first kappa shape index (κ1) is 43.7. The molecule has 2 atom stereocenters. The topological polar surface area (TPSA) is 196 Å². The zero-order chi connectivity index (χ0) is 40.3. The number of aromatic nitrogens is 3. The Kier molecular flexibility index (Phi) is 15.8. The molecule has 298 valence electrons. The molecule has 2 saturated heterocycles. The molecule has 2 aromatic rings. The zero-order valence-corrected chi connectivity index (χ0v) is 32.7. The number of hydrogen-bond acceptors (Lipinski definition) is 11. The number of benzene rings is 1. The quantitative estimate of drug-likeness (QED) is 0.194. The third-order valence-corrected chi connectivity index (χ3v) is 9.98. The number of hydrogen-bond donors (Lipinski definition) is 3. The molecule has 0 saturated carbocycles. The van der Waals surface area contributed by atoms with E-state index in [0.29, 0.717) is 36.4 Å². The monoisotopic (exact) mass is 756 g/mol. The predicted molar refractivity (Wildman–Crippen MR) is 202 cm³/mol. The van der Waals surface area contributed by atoms with E-state index in [-0.39, 0.29) is 52.5 Å². The smallest absolute Gasteiger partial charge is 0.328 e. The van der Waals surface area contributed by atoms with Gasteiger partial charge in [0.05, 0.1) is 5.56 Å².